The number of hydrogen-bond acceptors (Lipinski definition) is 7. The molecule has 0 radical (unpaired) electrons. The molecule has 0 saturated carbocycles. The Bertz CT molecular complexity index is 1260. The molecule has 1 atom stereocenters. The van der Waals surface area contributed by atoms with Gasteiger partial charge in [0, 0.05) is 13.1 Å². The number of carbonyl (C=O) groups excluding carboxylic acids is 1. The largest absolute Gasteiger partial charge is 0.309 e. The third-order valence-corrected chi connectivity index (χ3v) is 10.4. The van der Waals surface area contributed by atoms with Gasteiger partial charge in [0.15, 0.2) is 5.13 Å². The molecule has 1 aromatic carbocycles. The lowest BCUT2D eigenvalue weighted by Crippen LogP contribution is -2.48. The molecule has 1 unspecified atom stereocenters. The van der Waals surface area contributed by atoms with Crippen LogP contribution >= 0.6 is 45.9 Å². The van der Waals surface area contributed by atoms with Crippen LogP contribution in [0, 0.1) is 0 Å². The van der Waals surface area contributed by atoms with E-state index in [1.807, 2.05) is 31.1 Å². The number of carbonyl (C=O) groups is 1. The van der Waals surface area contributed by atoms with E-state index in [1.165, 1.54) is 21.7 Å². The summed E-state index contributed by atoms with van der Waals surface area (Å²) in [6, 6.07) is 7.80. The van der Waals surface area contributed by atoms with Crippen molar-refractivity contribution in [2.45, 2.75) is 29.5 Å². The van der Waals surface area contributed by atoms with E-state index in [0.717, 1.165) is 29.0 Å². The number of amides is 1. The molecule has 3 aromatic rings. The lowest BCUT2D eigenvalue weighted by Gasteiger charge is -2.28. The Balaban J connectivity index is 1.66. The minimum absolute atomic E-state index is 0.151. The van der Waals surface area contributed by atoms with Crippen LogP contribution < -0.4 is 4.90 Å². The summed E-state index contributed by atoms with van der Waals surface area (Å²) in [5.74, 6) is -0.257. The molecule has 1 fully saturated rings. The van der Waals surface area contributed by atoms with Gasteiger partial charge < -0.3 is 4.90 Å². The summed E-state index contributed by atoms with van der Waals surface area (Å²) in [6.07, 6.45) is 1.81. The van der Waals surface area contributed by atoms with Gasteiger partial charge >= 0.3 is 0 Å². The molecule has 7 nitrogen and oxygen atoms in total. The third kappa shape index (κ3) is 5.22. The van der Waals surface area contributed by atoms with Crippen molar-refractivity contribution < 1.29 is 13.2 Å². The normalized spacial score (nSPS) is 17.3. The highest BCUT2D eigenvalue weighted by Gasteiger charge is 2.42. The van der Waals surface area contributed by atoms with Gasteiger partial charge in [-0.3, -0.25) is 9.69 Å². The Morgan fingerprint density at radius 3 is 2.64 bits per heavy atom. The van der Waals surface area contributed by atoms with Crippen LogP contribution in [0.3, 0.4) is 0 Å². The first kappa shape index (κ1) is 24.8. The quantitative estimate of drug-likeness (QED) is 0.405. The van der Waals surface area contributed by atoms with E-state index in [4.69, 9.17) is 23.2 Å². The molecule has 0 bridgehead atoms. The van der Waals surface area contributed by atoms with Crippen molar-refractivity contribution in [3.63, 3.8) is 0 Å². The predicted molar refractivity (Wildman–Crippen MR) is 136 cm³/mol. The van der Waals surface area contributed by atoms with Gasteiger partial charge in [-0.25, -0.2) is 13.4 Å². The Morgan fingerprint density at radius 2 is 1.97 bits per heavy atom. The second kappa shape index (κ2) is 10.2. The van der Waals surface area contributed by atoms with Crippen molar-refractivity contribution in [1.29, 1.82) is 0 Å². The van der Waals surface area contributed by atoms with Crippen LogP contribution in [0.2, 0.25) is 9.36 Å². The first-order chi connectivity index (χ1) is 15.7. The van der Waals surface area contributed by atoms with E-state index in [-0.39, 0.29) is 10.1 Å². The number of sulfonamides is 1. The van der Waals surface area contributed by atoms with Crippen molar-refractivity contribution in [3.05, 3.63) is 39.7 Å². The van der Waals surface area contributed by atoms with Gasteiger partial charge in [0.25, 0.3) is 10.0 Å². The number of thiophene rings is 1. The molecule has 12 heteroatoms. The number of nitrogens with zero attached hydrogens (tertiary/aromatic N) is 4. The van der Waals surface area contributed by atoms with Gasteiger partial charge in [0.1, 0.15) is 15.8 Å². The number of para-hydroxylation sites is 1. The molecular formula is C21H24Cl2N4O3S3. The molecular weight excluding hydrogens is 523 g/mol. The fourth-order valence-electron chi connectivity index (χ4n) is 3.87. The summed E-state index contributed by atoms with van der Waals surface area (Å²) < 4.78 is 29.3. The summed E-state index contributed by atoms with van der Waals surface area (Å²) in [4.78, 5) is 22.1. The summed E-state index contributed by atoms with van der Waals surface area (Å²) in [5.41, 5.74) is 0.647. The van der Waals surface area contributed by atoms with Gasteiger partial charge in [0.2, 0.25) is 5.91 Å². The molecule has 1 aliphatic rings. The summed E-state index contributed by atoms with van der Waals surface area (Å²) >= 11 is 14.7. The average molecular weight is 548 g/mol. The van der Waals surface area contributed by atoms with Gasteiger partial charge in [-0.15, -0.1) is 11.3 Å². The number of rotatable bonds is 8. The van der Waals surface area contributed by atoms with Crippen LogP contribution in [0.25, 0.3) is 10.2 Å². The highest BCUT2D eigenvalue weighted by atomic mass is 35.5. The number of fused-ring (bicyclic) bond motifs is 1. The number of benzene rings is 1. The first-order valence-corrected chi connectivity index (χ1v) is 14.3. The number of thiazole rings is 1. The zero-order valence-corrected chi connectivity index (χ0v) is 22.2. The van der Waals surface area contributed by atoms with Gasteiger partial charge in [0.05, 0.1) is 14.1 Å². The molecule has 0 aliphatic carbocycles. The zero-order chi connectivity index (χ0) is 23.8. The fourth-order valence-corrected chi connectivity index (χ4v) is 8.43. The van der Waals surface area contributed by atoms with E-state index < -0.39 is 16.1 Å². The Labute approximate surface area is 211 Å². The smallest absolute Gasteiger partial charge is 0.253 e. The SMILES string of the molecule is CN(C)CCCN(C(=O)C1CCCN1S(=O)(=O)c1ccc(Cl)s1)c1nc2c(Cl)cccc2s1. The summed E-state index contributed by atoms with van der Waals surface area (Å²) in [7, 11) is 0.127. The van der Waals surface area contributed by atoms with Crippen LogP contribution in [0.1, 0.15) is 19.3 Å². The van der Waals surface area contributed by atoms with Crippen molar-refractivity contribution in [2.75, 3.05) is 38.6 Å². The lowest BCUT2D eigenvalue weighted by molar-refractivity contribution is -0.121. The molecule has 0 N–H and O–H groups in total. The topological polar surface area (TPSA) is 73.8 Å². The summed E-state index contributed by atoms with van der Waals surface area (Å²) in [5, 5.41) is 1.06. The number of halogens is 2. The van der Waals surface area contributed by atoms with E-state index in [1.54, 1.807) is 17.0 Å². The first-order valence-electron chi connectivity index (χ1n) is 10.5. The van der Waals surface area contributed by atoms with E-state index in [9.17, 15) is 13.2 Å². The van der Waals surface area contributed by atoms with Crippen molar-refractivity contribution in [3.8, 4) is 0 Å². The van der Waals surface area contributed by atoms with Gasteiger partial charge in [-0.05, 0) is 64.2 Å². The van der Waals surface area contributed by atoms with Crippen molar-refractivity contribution >= 4 is 77.2 Å². The number of anilines is 1. The lowest BCUT2D eigenvalue weighted by atomic mass is 10.2. The van der Waals surface area contributed by atoms with Crippen LogP contribution in [0.5, 0.6) is 0 Å². The zero-order valence-electron chi connectivity index (χ0n) is 18.2. The fraction of sp³-hybridized carbons (Fsp3) is 0.429. The number of hydrogen-bond donors (Lipinski definition) is 0. The van der Waals surface area contributed by atoms with E-state index >= 15 is 0 Å². The molecule has 178 valence electrons. The molecule has 33 heavy (non-hydrogen) atoms. The van der Waals surface area contributed by atoms with E-state index in [2.05, 4.69) is 4.98 Å². The molecule has 3 heterocycles. The maximum atomic E-state index is 13.8. The summed E-state index contributed by atoms with van der Waals surface area (Å²) in [6.45, 7) is 1.52. The molecule has 2 aromatic heterocycles. The van der Waals surface area contributed by atoms with Crippen LogP contribution in [-0.4, -0.2) is 68.3 Å². The second-order valence-electron chi connectivity index (χ2n) is 8.06. The van der Waals surface area contributed by atoms with Crippen LogP contribution in [0.4, 0.5) is 5.13 Å². The highest BCUT2D eigenvalue weighted by molar-refractivity contribution is 7.91. The minimum atomic E-state index is -3.82. The average Bonchev–Trinajstić information content (AvgIpc) is 3.50. The standard InChI is InChI=1S/C21H24Cl2N4O3S3/c1-25(2)11-5-12-26(21-24-19-14(22)6-3-8-16(19)31-21)20(28)15-7-4-13-27(15)33(29,30)18-10-9-17(23)32-18/h3,6,8-10,15H,4-5,7,11-13H2,1-2H3. The second-order valence-corrected chi connectivity index (χ2v) is 13.3. The van der Waals surface area contributed by atoms with Gasteiger partial charge in [-0.2, -0.15) is 4.31 Å². The Kier molecular flexibility index (Phi) is 7.64. The van der Waals surface area contributed by atoms with Crippen molar-refractivity contribution in [1.82, 2.24) is 14.2 Å². The third-order valence-electron chi connectivity index (χ3n) is 5.44. The Hall–Kier alpha value is -1.27. The Morgan fingerprint density at radius 1 is 1.18 bits per heavy atom. The number of aromatic nitrogens is 1. The molecule has 1 aliphatic heterocycles. The predicted octanol–water partition coefficient (Wildman–Crippen LogP) is 4.80. The monoisotopic (exact) mass is 546 g/mol. The minimum Gasteiger partial charge on any atom is -0.309 e. The highest BCUT2D eigenvalue weighted by Crippen LogP contribution is 2.36. The van der Waals surface area contributed by atoms with Crippen molar-refractivity contribution in [2.24, 2.45) is 0 Å². The molecule has 1 saturated heterocycles. The van der Waals surface area contributed by atoms with Crippen LogP contribution in [0.15, 0.2) is 34.5 Å². The molecule has 1 amide bonds. The molecule has 0 spiro atoms. The van der Waals surface area contributed by atoms with Crippen LogP contribution in [-0.2, 0) is 14.8 Å². The van der Waals surface area contributed by atoms with Gasteiger partial charge in [-0.1, -0.05) is 40.6 Å². The maximum Gasteiger partial charge on any atom is 0.253 e. The van der Waals surface area contributed by atoms with E-state index in [0.29, 0.717) is 45.9 Å². The maximum absolute atomic E-state index is 13.8. The molecule has 4 rings (SSSR count).